The van der Waals surface area contributed by atoms with Crippen molar-refractivity contribution in [3.8, 4) is 0 Å². The number of fused-ring (bicyclic) bond motifs is 1. The van der Waals surface area contributed by atoms with Crippen molar-refractivity contribution in [1.29, 1.82) is 0 Å². The number of hydrogen-bond acceptors (Lipinski definition) is 3. The highest BCUT2D eigenvalue weighted by molar-refractivity contribution is 5.97. The summed E-state index contributed by atoms with van der Waals surface area (Å²) in [7, 11) is 2.25. The van der Waals surface area contributed by atoms with Crippen LogP contribution in [0.1, 0.15) is 35.2 Å². The molecule has 0 amide bonds. The largest absolute Gasteiger partial charge is 0.303 e. The fraction of sp³-hybridized carbons (Fsp3) is 0.611. The molecule has 2 heterocycles. The number of carbonyl (C=O) groups excluding carboxylic acids is 1. The van der Waals surface area contributed by atoms with Gasteiger partial charge in [-0.25, -0.2) is 0 Å². The predicted molar refractivity (Wildman–Crippen MR) is 85.7 cm³/mol. The molecule has 0 aromatic heterocycles. The van der Waals surface area contributed by atoms with Crippen molar-refractivity contribution in [3.05, 3.63) is 35.4 Å². The summed E-state index contributed by atoms with van der Waals surface area (Å²) in [5, 5.41) is 0. The summed E-state index contributed by atoms with van der Waals surface area (Å²) < 4.78 is 0. The summed E-state index contributed by atoms with van der Waals surface area (Å²) in [6.45, 7) is 6.01. The van der Waals surface area contributed by atoms with Gasteiger partial charge >= 0.3 is 0 Å². The van der Waals surface area contributed by atoms with Crippen LogP contribution in [0.3, 0.4) is 0 Å². The van der Waals surface area contributed by atoms with E-state index < -0.39 is 0 Å². The third-order valence-corrected chi connectivity index (χ3v) is 5.14. The molecule has 0 radical (unpaired) electrons. The number of rotatable bonds is 3. The molecule has 2 fully saturated rings. The number of ketones is 1. The Morgan fingerprint density at radius 1 is 1.29 bits per heavy atom. The van der Waals surface area contributed by atoms with E-state index in [2.05, 4.69) is 16.8 Å². The Bertz CT molecular complexity index is 514. The lowest BCUT2D eigenvalue weighted by Crippen LogP contribution is -2.53. The second-order valence-corrected chi connectivity index (χ2v) is 6.77. The molecule has 2 saturated heterocycles. The van der Waals surface area contributed by atoms with Gasteiger partial charge in [-0.15, -0.1) is 0 Å². The fourth-order valence-corrected chi connectivity index (χ4v) is 3.98. The summed E-state index contributed by atoms with van der Waals surface area (Å²) in [5.41, 5.74) is 2.02. The van der Waals surface area contributed by atoms with E-state index in [1.54, 1.807) is 0 Å². The van der Waals surface area contributed by atoms with Crippen molar-refractivity contribution in [2.75, 3.05) is 33.2 Å². The summed E-state index contributed by atoms with van der Waals surface area (Å²) >= 11 is 0. The van der Waals surface area contributed by atoms with Crippen LogP contribution in [0.2, 0.25) is 0 Å². The molecule has 114 valence electrons. The molecule has 0 aliphatic carbocycles. The number of Topliss-reactive ketones (excluding diaryl/α,β-unsaturated/α-hetero) is 1. The Morgan fingerprint density at radius 3 is 2.95 bits per heavy atom. The number of aryl methyl sites for hydroxylation is 1. The second-order valence-electron chi connectivity index (χ2n) is 6.77. The van der Waals surface area contributed by atoms with Crippen LogP contribution in [0.25, 0.3) is 0 Å². The van der Waals surface area contributed by atoms with Crippen molar-refractivity contribution in [3.63, 3.8) is 0 Å². The summed E-state index contributed by atoms with van der Waals surface area (Å²) in [4.78, 5) is 17.3. The molecule has 3 heteroatoms. The monoisotopic (exact) mass is 286 g/mol. The minimum absolute atomic E-state index is 0.265. The van der Waals surface area contributed by atoms with E-state index in [4.69, 9.17) is 0 Å². The third kappa shape index (κ3) is 3.35. The Kier molecular flexibility index (Phi) is 4.41. The molecular formula is C18H26N2O. The number of carbonyl (C=O) groups is 1. The molecule has 21 heavy (non-hydrogen) atoms. The zero-order chi connectivity index (χ0) is 14.8. The molecule has 2 atom stereocenters. The molecular weight excluding hydrogens is 260 g/mol. The zero-order valence-electron chi connectivity index (χ0n) is 13.2. The van der Waals surface area contributed by atoms with E-state index in [1.807, 2.05) is 31.2 Å². The van der Waals surface area contributed by atoms with Crippen molar-refractivity contribution < 1.29 is 4.79 Å². The minimum atomic E-state index is 0.265. The minimum Gasteiger partial charge on any atom is -0.303 e. The highest BCUT2D eigenvalue weighted by Crippen LogP contribution is 2.29. The van der Waals surface area contributed by atoms with Crippen LogP contribution < -0.4 is 0 Å². The maximum atomic E-state index is 12.4. The maximum Gasteiger partial charge on any atom is 0.176 e. The predicted octanol–water partition coefficient (Wildman–Crippen LogP) is 2.59. The van der Waals surface area contributed by atoms with Gasteiger partial charge in [-0.05, 0) is 51.8 Å². The van der Waals surface area contributed by atoms with E-state index in [0.717, 1.165) is 36.2 Å². The van der Waals surface area contributed by atoms with Gasteiger partial charge in [-0.1, -0.05) is 23.8 Å². The first kappa shape index (κ1) is 14.7. The Hall–Kier alpha value is -1.19. The Labute approximate surface area is 127 Å². The van der Waals surface area contributed by atoms with E-state index in [9.17, 15) is 4.79 Å². The zero-order valence-corrected chi connectivity index (χ0v) is 13.2. The van der Waals surface area contributed by atoms with E-state index in [0.29, 0.717) is 6.54 Å². The average Bonchev–Trinajstić information content (AvgIpc) is 2.47. The van der Waals surface area contributed by atoms with E-state index >= 15 is 0 Å². The highest BCUT2D eigenvalue weighted by atomic mass is 16.1. The van der Waals surface area contributed by atoms with Gasteiger partial charge in [0.2, 0.25) is 0 Å². The van der Waals surface area contributed by atoms with Gasteiger partial charge in [-0.2, -0.15) is 0 Å². The van der Waals surface area contributed by atoms with Crippen molar-refractivity contribution in [2.24, 2.45) is 5.92 Å². The molecule has 0 bridgehead atoms. The van der Waals surface area contributed by atoms with Gasteiger partial charge in [-0.3, -0.25) is 9.69 Å². The van der Waals surface area contributed by atoms with Gasteiger partial charge in [0.1, 0.15) is 0 Å². The molecule has 1 aromatic rings. The van der Waals surface area contributed by atoms with Crippen molar-refractivity contribution in [2.45, 2.75) is 32.2 Å². The van der Waals surface area contributed by atoms with Crippen molar-refractivity contribution >= 4 is 5.78 Å². The lowest BCUT2D eigenvalue weighted by atomic mass is 9.84. The summed E-state index contributed by atoms with van der Waals surface area (Å²) in [6.07, 6.45) is 3.84. The molecule has 0 saturated carbocycles. The lowest BCUT2D eigenvalue weighted by molar-refractivity contribution is 0.0378. The van der Waals surface area contributed by atoms with Gasteiger partial charge in [0.05, 0.1) is 6.54 Å². The number of hydrogen-bond donors (Lipinski definition) is 0. The van der Waals surface area contributed by atoms with Gasteiger partial charge in [0, 0.05) is 24.7 Å². The maximum absolute atomic E-state index is 12.4. The first-order valence-corrected chi connectivity index (χ1v) is 8.16. The number of benzene rings is 1. The van der Waals surface area contributed by atoms with Crippen LogP contribution in [-0.2, 0) is 0 Å². The standard InChI is InChI=1S/C18H26N2O/c1-14-5-3-6-15(11-14)18(21)13-20-10-8-17-16(12-20)7-4-9-19(17)2/h3,5-6,11,16-17H,4,7-10,12-13H2,1-2H3. The molecule has 0 N–H and O–H groups in total. The first-order valence-electron chi connectivity index (χ1n) is 8.16. The summed E-state index contributed by atoms with van der Waals surface area (Å²) in [5.74, 6) is 1.02. The molecule has 2 unspecified atom stereocenters. The van der Waals surface area contributed by atoms with E-state index in [-0.39, 0.29) is 5.78 Å². The highest BCUT2D eigenvalue weighted by Gasteiger charge is 2.34. The average molecular weight is 286 g/mol. The second kappa shape index (κ2) is 6.29. The Balaban J connectivity index is 1.60. The van der Waals surface area contributed by atoms with Gasteiger partial charge in [0.15, 0.2) is 5.78 Å². The van der Waals surface area contributed by atoms with Gasteiger partial charge < -0.3 is 4.90 Å². The van der Waals surface area contributed by atoms with Crippen LogP contribution in [-0.4, -0.2) is 54.9 Å². The van der Waals surface area contributed by atoms with Crippen LogP contribution in [0.15, 0.2) is 24.3 Å². The number of likely N-dealkylation sites (tertiary alicyclic amines) is 2. The molecule has 3 nitrogen and oxygen atoms in total. The van der Waals surface area contributed by atoms with Crippen LogP contribution in [0.4, 0.5) is 0 Å². The quantitative estimate of drug-likeness (QED) is 0.798. The molecule has 3 rings (SSSR count). The van der Waals surface area contributed by atoms with Crippen molar-refractivity contribution in [1.82, 2.24) is 9.80 Å². The fourth-order valence-electron chi connectivity index (χ4n) is 3.98. The summed E-state index contributed by atoms with van der Waals surface area (Å²) in [6, 6.07) is 8.70. The molecule has 2 aliphatic rings. The topological polar surface area (TPSA) is 23.6 Å². The van der Waals surface area contributed by atoms with Crippen LogP contribution >= 0.6 is 0 Å². The lowest BCUT2D eigenvalue weighted by Gasteiger charge is -2.45. The Morgan fingerprint density at radius 2 is 2.14 bits per heavy atom. The van der Waals surface area contributed by atoms with E-state index in [1.165, 1.54) is 25.8 Å². The van der Waals surface area contributed by atoms with Crippen LogP contribution in [0, 0.1) is 12.8 Å². The molecule has 0 spiro atoms. The molecule has 1 aromatic carbocycles. The van der Waals surface area contributed by atoms with Gasteiger partial charge in [0.25, 0.3) is 0 Å². The third-order valence-electron chi connectivity index (χ3n) is 5.14. The van der Waals surface area contributed by atoms with Crippen LogP contribution in [0.5, 0.6) is 0 Å². The number of nitrogens with zero attached hydrogens (tertiary/aromatic N) is 2. The SMILES string of the molecule is Cc1cccc(C(=O)CN2CCC3C(CCCN3C)C2)c1. The normalized spacial score (nSPS) is 27.3. The smallest absolute Gasteiger partial charge is 0.176 e. The first-order chi connectivity index (χ1) is 10.1. The number of piperidine rings is 2. The molecule has 2 aliphatic heterocycles.